The average molecular weight is 230 g/mol. The molecular weight excluding hydrogens is 208 g/mol. The van der Waals surface area contributed by atoms with Crippen LogP contribution in [0.15, 0.2) is 0 Å². The molecule has 0 bridgehead atoms. The molecule has 0 rings (SSSR count). The highest BCUT2D eigenvalue weighted by Crippen LogP contribution is 2.01. The van der Waals surface area contributed by atoms with E-state index in [1.807, 2.05) is 20.8 Å². The predicted octanol–water partition coefficient (Wildman–Crippen LogP) is 0.601. The molecule has 0 fully saturated rings. The third-order valence-corrected chi connectivity index (χ3v) is 2.22. The van der Waals surface area contributed by atoms with Crippen LogP contribution in [0.1, 0.15) is 33.6 Å². The Morgan fingerprint density at radius 3 is 2.31 bits per heavy atom. The van der Waals surface area contributed by atoms with Gasteiger partial charge in [-0.1, -0.05) is 20.8 Å². The second-order valence-corrected chi connectivity index (χ2v) is 4.11. The zero-order valence-electron chi connectivity index (χ0n) is 10.2. The number of aliphatic carboxylic acids is 1. The minimum Gasteiger partial charge on any atom is -0.480 e. The van der Waals surface area contributed by atoms with Crippen molar-refractivity contribution in [3.63, 3.8) is 0 Å². The lowest BCUT2D eigenvalue weighted by Gasteiger charge is -2.17. The van der Waals surface area contributed by atoms with Crippen LogP contribution in [0.4, 0.5) is 0 Å². The zero-order valence-corrected chi connectivity index (χ0v) is 10.2. The van der Waals surface area contributed by atoms with Crippen LogP contribution in [-0.2, 0) is 9.59 Å². The van der Waals surface area contributed by atoms with E-state index in [1.165, 1.54) is 0 Å². The predicted molar refractivity (Wildman–Crippen MR) is 62.2 cm³/mol. The summed E-state index contributed by atoms with van der Waals surface area (Å²) >= 11 is 0. The first-order chi connectivity index (χ1) is 7.49. The fourth-order valence-electron chi connectivity index (χ4n) is 1.30. The summed E-state index contributed by atoms with van der Waals surface area (Å²) in [5.41, 5.74) is 0. The van der Waals surface area contributed by atoms with Gasteiger partial charge in [-0.25, -0.2) is 0 Å². The molecule has 0 aliphatic rings. The maximum absolute atomic E-state index is 11.2. The Bertz CT molecular complexity index is 229. The van der Waals surface area contributed by atoms with Crippen molar-refractivity contribution in [1.29, 1.82) is 0 Å². The third-order valence-electron chi connectivity index (χ3n) is 2.22. The maximum atomic E-state index is 11.2. The summed E-state index contributed by atoms with van der Waals surface area (Å²) in [6.45, 7) is 6.72. The van der Waals surface area contributed by atoms with E-state index in [-0.39, 0.29) is 11.8 Å². The topological polar surface area (TPSA) is 78.4 Å². The van der Waals surface area contributed by atoms with E-state index < -0.39 is 12.0 Å². The molecule has 0 aromatic rings. The Labute approximate surface area is 96.6 Å². The van der Waals surface area contributed by atoms with Gasteiger partial charge in [0.05, 0.1) is 0 Å². The van der Waals surface area contributed by atoms with Crippen LogP contribution in [0, 0.1) is 5.92 Å². The second-order valence-electron chi connectivity index (χ2n) is 4.11. The fraction of sp³-hybridized carbons (Fsp3) is 0.818. The highest BCUT2D eigenvalue weighted by Gasteiger charge is 2.20. The molecular formula is C11H22N2O3. The minimum absolute atomic E-state index is 0.0104. The number of rotatable bonds is 8. The Morgan fingerprint density at radius 1 is 1.25 bits per heavy atom. The van der Waals surface area contributed by atoms with Crippen molar-refractivity contribution in [2.24, 2.45) is 5.92 Å². The van der Waals surface area contributed by atoms with Crippen LogP contribution >= 0.6 is 0 Å². The standard InChI is InChI=1S/C11H22N2O3/c1-4-6-12-9(14)5-7-13-10(8(2)3)11(15)16/h8,10,13H,4-7H2,1-3H3,(H,12,14)(H,15,16). The first kappa shape index (κ1) is 14.9. The summed E-state index contributed by atoms with van der Waals surface area (Å²) in [4.78, 5) is 22.1. The molecule has 0 spiro atoms. The van der Waals surface area contributed by atoms with Gasteiger partial charge in [0.25, 0.3) is 0 Å². The van der Waals surface area contributed by atoms with E-state index in [4.69, 9.17) is 5.11 Å². The molecule has 3 N–H and O–H groups in total. The maximum Gasteiger partial charge on any atom is 0.320 e. The highest BCUT2D eigenvalue weighted by molar-refractivity contribution is 5.76. The Kier molecular flexibility index (Phi) is 7.54. The monoisotopic (exact) mass is 230 g/mol. The summed E-state index contributed by atoms with van der Waals surface area (Å²) in [7, 11) is 0. The van der Waals surface area contributed by atoms with Crippen molar-refractivity contribution in [2.75, 3.05) is 13.1 Å². The zero-order chi connectivity index (χ0) is 12.6. The van der Waals surface area contributed by atoms with Gasteiger partial charge >= 0.3 is 5.97 Å². The van der Waals surface area contributed by atoms with E-state index >= 15 is 0 Å². The molecule has 0 heterocycles. The third kappa shape index (κ3) is 6.40. The van der Waals surface area contributed by atoms with Crippen molar-refractivity contribution in [3.05, 3.63) is 0 Å². The molecule has 1 unspecified atom stereocenters. The Hall–Kier alpha value is -1.10. The molecule has 16 heavy (non-hydrogen) atoms. The molecule has 5 nitrogen and oxygen atoms in total. The van der Waals surface area contributed by atoms with Crippen LogP contribution in [0.25, 0.3) is 0 Å². The molecule has 0 aromatic heterocycles. The number of carbonyl (C=O) groups is 2. The van der Waals surface area contributed by atoms with Gasteiger partial charge < -0.3 is 15.7 Å². The van der Waals surface area contributed by atoms with Crippen molar-refractivity contribution < 1.29 is 14.7 Å². The number of carboxylic acids is 1. The highest BCUT2D eigenvalue weighted by atomic mass is 16.4. The first-order valence-electron chi connectivity index (χ1n) is 5.72. The molecule has 5 heteroatoms. The van der Waals surface area contributed by atoms with Crippen molar-refractivity contribution in [1.82, 2.24) is 10.6 Å². The van der Waals surface area contributed by atoms with Gasteiger partial charge in [0.15, 0.2) is 0 Å². The number of carboxylic acid groups (broad SMARTS) is 1. The smallest absolute Gasteiger partial charge is 0.320 e. The summed E-state index contributed by atoms with van der Waals surface area (Å²) < 4.78 is 0. The van der Waals surface area contributed by atoms with Crippen LogP contribution in [0.3, 0.4) is 0 Å². The number of hydrogen-bond donors (Lipinski definition) is 3. The minimum atomic E-state index is -0.871. The van der Waals surface area contributed by atoms with Crippen LogP contribution in [-0.4, -0.2) is 36.1 Å². The molecule has 0 aliphatic carbocycles. The normalized spacial score (nSPS) is 12.5. The van der Waals surface area contributed by atoms with E-state index in [2.05, 4.69) is 10.6 Å². The lowest BCUT2D eigenvalue weighted by Crippen LogP contribution is -2.42. The molecule has 94 valence electrons. The first-order valence-corrected chi connectivity index (χ1v) is 5.72. The Balaban J connectivity index is 3.78. The van der Waals surface area contributed by atoms with Gasteiger partial charge in [0.1, 0.15) is 6.04 Å². The van der Waals surface area contributed by atoms with Crippen molar-refractivity contribution in [2.45, 2.75) is 39.7 Å². The average Bonchev–Trinajstić information content (AvgIpc) is 2.20. The van der Waals surface area contributed by atoms with Crippen LogP contribution in [0.2, 0.25) is 0 Å². The summed E-state index contributed by atoms with van der Waals surface area (Å²) in [6.07, 6.45) is 1.22. The fourth-order valence-corrected chi connectivity index (χ4v) is 1.30. The molecule has 1 atom stereocenters. The van der Waals surface area contributed by atoms with E-state index in [9.17, 15) is 9.59 Å². The lowest BCUT2D eigenvalue weighted by atomic mass is 10.0. The van der Waals surface area contributed by atoms with Gasteiger partial charge in [-0.05, 0) is 12.3 Å². The number of hydrogen-bond acceptors (Lipinski definition) is 3. The molecule has 0 aromatic carbocycles. The van der Waals surface area contributed by atoms with Crippen molar-refractivity contribution >= 4 is 11.9 Å². The van der Waals surface area contributed by atoms with Crippen LogP contribution < -0.4 is 10.6 Å². The summed E-state index contributed by atoms with van der Waals surface area (Å²) in [5, 5.41) is 14.5. The van der Waals surface area contributed by atoms with Crippen LogP contribution in [0.5, 0.6) is 0 Å². The van der Waals surface area contributed by atoms with Crippen molar-refractivity contribution in [3.8, 4) is 0 Å². The van der Waals surface area contributed by atoms with Gasteiger partial charge in [0.2, 0.25) is 5.91 Å². The van der Waals surface area contributed by atoms with E-state index in [0.29, 0.717) is 19.5 Å². The molecule has 0 radical (unpaired) electrons. The number of nitrogens with one attached hydrogen (secondary N) is 2. The molecule has 0 saturated heterocycles. The Morgan fingerprint density at radius 2 is 1.88 bits per heavy atom. The number of amides is 1. The summed E-state index contributed by atoms with van der Waals surface area (Å²) in [5.74, 6) is -0.901. The molecule has 1 amide bonds. The van der Waals surface area contributed by atoms with Gasteiger partial charge in [0, 0.05) is 19.5 Å². The van der Waals surface area contributed by atoms with Gasteiger partial charge in [-0.2, -0.15) is 0 Å². The second kappa shape index (κ2) is 8.10. The van der Waals surface area contributed by atoms with E-state index in [0.717, 1.165) is 6.42 Å². The van der Waals surface area contributed by atoms with Gasteiger partial charge in [-0.15, -0.1) is 0 Å². The SMILES string of the molecule is CCCNC(=O)CCNC(C(=O)O)C(C)C. The molecule has 0 aliphatic heterocycles. The lowest BCUT2D eigenvalue weighted by molar-refractivity contribution is -0.140. The quantitative estimate of drug-likeness (QED) is 0.570. The molecule has 0 saturated carbocycles. The van der Waals surface area contributed by atoms with Gasteiger partial charge in [-0.3, -0.25) is 9.59 Å². The van der Waals surface area contributed by atoms with E-state index in [1.54, 1.807) is 0 Å². The largest absolute Gasteiger partial charge is 0.480 e. The number of carbonyl (C=O) groups excluding carboxylic acids is 1. The summed E-state index contributed by atoms with van der Waals surface area (Å²) in [6, 6.07) is -0.584.